The van der Waals surface area contributed by atoms with E-state index in [0.29, 0.717) is 6.54 Å². The Balaban J connectivity index is 1.97. The van der Waals surface area contributed by atoms with Crippen molar-refractivity contribution in [3.8, 4) is 0 Å². The third kappa shape index (κ3) is 1.80. The summed E-state index contributed by atoms with van der Waals surface area (Å²) in [5, 5.41) is 0. The fourth-order valence-electron chi connectivity index (χ4n) is 2.15. The Morgan fingerprint density at radius 2 is 2.29 bits per heavy atom. The molecule has 0 aliphatic carbocycles. The molecule has 2 fully saturated rings. The second-order valence-corrected chi connectivity index (χ2v) is 4.37. The second kappa shape index (κ2) is 3.35. The number of nitrogens with zero attached hydrogens (tertiary/aromatic N) is 1. The molecule has 4 nitrogen and oxygen atoms in total. The van der Waals surface area contributed by atoms with Crippen molar-refractivity contribution in [1.82, 2.24) is 4.90 Å². The smallest absolute Gasteiger partial charge is 0.230 e. The Labute approximate surface area is 83.2 Å². The summed E-state index contributed by atoms with van der Waals surface area (Å²) in [6.07, 6.45) is 2.10. The van der Waals surface area contributed by atoms with E-state index in [1.165, 1.54) is 0 Å². The first-order valence-electron chi connectivity index (χ1n) is 5.02. The Hall–Kier alpha value is -0.900. The van der Waals surface area contributed by atoms with Gasteiger partial charge in [0.25, 0.3) is 0 Å². The van der Waals surface area contributed by atoms with Crippen LogP contribution >= 0.6 is 0 Å². The normalized spacial score (nSPS) is 33.1. The van der Waals surface area contributed by atoms with E-state index in [2.05, 4.69) is 0 Å². The number of ether oxygens (including phenoxy) is 1. The maximum atomic E-state index is 11.4. The highest BCUT2D eigenvalue weighted by atomic mass is 16.5. The molecule has 1 atom stereocenters. The minimum atomic E-state index is -0.222. The van der Waals surface area contributed by atoms with Crippen LogP contribution in [0.25, 0.3) is 0 Å². The van der Waals surface area contributed by atoms with E-state index in [-0.39, 0.29) is 30.3 Å². The molecule has 2 rings (SSSR count). The summed E-state index contributed by atoms with van der Waals surface area (Å²) in [5.41, 5.74) is -0.222. The highest BCUT2D eigenvalue weighted by molar-refractivity contribution is 6.05. The maximum Gasteiger partial charge on any atom is 0.230 e. The number of carbonyl (C=O) groups is 2. The second-order valence-electron chi connectivity index (χ2n) is 4.37. The summed E-state index contributed by atoms with van der Waals surface area (Å²) in [5.74, 6) is -0.0247. The van der Waals surface area contributed by atoms with E-state index in [0.717, 1.165) is 19.4 Å². The molecule has 4 heteroatoms. The van der Waals surface area contributed by atoms with Gasteiger partial charge in [0.15, 0.2) is 5.78 Å². The standard InChI is InChI=1S/C10H15NO3/c1-10(3-2-4-14-10)7-11-6-8(12)5-9(11)13/h2-7H2,1H3. The highest BCUT2D eigenvalue weighted by Gasteiger charge is 2.37. The van der Waals surface area contributed by atoms with Gasteiger partial charge in [0.1, 0.15) is 0 Å². The quantitative estimate of drug-likeness (QED) is 0.600. The van der Waals surface area contributed by atoms with Crippen molar-refractivity contribution < 1.29 is 14.3 Å². The van der Waals surface area contributed by atoms with Gasteiger partial charge in [-0.2, -0.15) is 0 Å². The van der Waals surface area contributed by atoms with Gasteiger partial charge < -0.3 is 9.64 Å². The van der Waals surface area contributed by atoms with Crippen molar-refractivity contribution in [3.05, 3.63) is 0 Å². The highest BCUT2D eigenvalue weighted by Crippen LogP contribution is 2.27. The van der Waals surface area contributed by atoms with Gasteiger partial charge in [-0.05, 0) is 19.8 Å². The van der Waals surface area contributed by atoms with E-state index in [4.69, 9.17) is 4.74 Å². The summed E-state index contributed by atoms with van der Waals surface area (Å²) in [6.45, 7) is 3.62. The largest absolute Gasteiger partial charge is 0.373 e. The number of Topliss-reactive ketones (excluding diaryl/α,β-unsaturated/α-hetero) is 1. The van der Waals surface area contributed by atoms with E-state index in [9.17, 15) is 9.59 Å². The number of rotatable bonds is 2. The summed E-state index contributed by atoms with van der Waals surface area (Å²) in [6, 6.07) is 0. The Morgan fingerprint density at radius 3 is 2.79 bits per heavy atom. The lowest BCUT2D eigenvalue weighted by Gasteiger charge is -2.28. The van der Waals surface area contributed by atoms with Gasteiger partial charge in [-0.15, -0.1) is 0 Å². The molecule has 2 aliphatic heterocycles. The SMILES string of the molecule is CC1(CN2CC(=O)CC2=O)CCCO1. The van der Waals surface area contributed by atoms with Crippen LogP contribution < -0.4 is 0 Å². The van der Waals surface area contributed by atoms with Gasteiger partial charge in [0.05, 0.1) is 18.6 Å². The van der Waals surface area contributed by atoms with Gasteiger partial charge in [-0.1, -0.05) is 0 Å². The molecule has 1 unspecified atom stereocenters. The van der Waals surface area contributed by atoms with E-state index in [1.807, 2.05) is 6.92 Å². The first-order valence-corrected chi connectivity index (χ1v) is 5.02. The molecule has 0 spiro atoms. The molecule has 78 valence electrons. The lowest BCUT2D eigenvalue weighted by Crippen LogP contribution is -2.41. The fourth-order valence-corrected chi connectivity index (χ4v) is 2.15. The van der Waals surface area contributed by atoms with Crippen LogP contribution in [0.4, 0.5) is 0 Å². The van der Waals surface area contributed by atoms with Crippen LogP contribution in [0, 0.1) is 0 Å². The summed E-state index contributed by atoms with van der Waals surface area (Å²) in [4.78, 5) is 24.0. The Morgan fingerprint density at radius 1 is 1.50 bits per heavy atom. The van der Waals surface area contributed by atoms with Gasteiger partial charge >= 0.3 is 0 Å². The zero-order chi connectivity index (χ0) is 10.2. The number of hydrogen-bond acceptors (Lipinski definition) is 3. The minimum absolute atomic E-state index is 0.0246. The monoisotopic (exact) mass is 197 g/mol. The Bertz CT molecular complexity index is 269. The van der Waals surface area contributed by atoms with E-state index >= 15 is 0 Å². The molecule has 0 radical (unpaired) electrons. The molecule has 2 saturated heterocycles. The molecule has 0 aromatic carbocycles. The van der Waals surface area contributed by atoms with E-state index < -0.39 is 0 Å². The van der Waals surface area contributed by atoms with Crippen LogP contribution in [0.2, 0.25) is 0 Å². The zero-order valence-electron chi connectivity index (χ0n) is 8.41. The topological polar surface area (TPSA) is 46.6 Å². The number of amides is 1. The van der Waals surface area contributed by atoms with Crippen LogP contribution in [0.1, 0.15) is 26.2 Å². The number of carbonyl (C=O) groups excluding carboxylic acids is 2. The third-order valence-corrected chi connectivity index (χ3v) is 2.89. The molecule has 0 aromatic heterocycles. The first kappa shape index (κ1) is 9.65. The molecule has 0 saturated carbocycles. The summed E-state index contributed by atoms with van der Waals surface area (Å²) < 4.78 is 5.58. The fraction of sp³-hybridized carbons (Fsp3) is 0.800. The number of likely N-dealkylation sites (tertiary alicyclic amines) is 1. The minimum Gasteiger partial charge on any atom is -0.373 e. The molecule has 0 aromatic rings. The predicted octanol–water partition coefficient (Wildman–Crippen LogP) is 0.357. The van der Waals surface area contributed by atoms with E-state index in [1.54, 1.807) is 4.90 Å². The van der Waals surface area contributed by atoms with Crippen molar-refractivity contribution in [2.45, 2.75) is 31.8 Å². The Kier molecular flexibility index (Phi) is 2.31. The van der Waals surface area contributed by atoms with Crippen LogP contribution in [0.15, 0.2) is 0 Å². The predicted molar refractivity (Wildman–Crippen MR) is 49.8 cm³/mol. The summed E-state index contributed by atoms with van der Waals surface area (Å²) >= 11 is 0. The van der Waals surface area contributed by atoms with Crippen LogP contribution in [-0.4, -0.2) is 41.9 Å². The van der Waals surface area contributed by atoms with Gasteiger partial charge in [0.2, 0.25) is 5.91 Å². The number of ketones is 1. The molecular weight excluding hydrogens is 182 g/mol. The van der Waals surface area contributed by atoms with Crippen molar-refractivity contribution in [3.63, 3.8) is 0 Å². The van der Waals surface area contributed by atoms with Crippen LogP contribution in [0.3, 0.4) is 0 Å². The molecule has 2 heterocycles. The molecule has 2 aliphatic rings. The van der Waals surface area contributed by atoms with Gasteiger partial charge in [-0.3, -0.25) is 9.59 Å². The van der Waals surface area contributed by atoms with Crippen LogP contribution in [0.5, 0.6) is 0 Å². The molecule has 14 heavy (non-hydrogen) atoms. The zero-order valence-corrected chi connectivity index (χ0v) is 8.41. The summed E-state index contributed by atoms with van der Waals surface area (Å²) in [7, 11) is 0. The van der Waals surface area contributed by atoms with Crippen molar-refractivity contribution in [1.29, 1.82) is 0 Å². The number of hydrogen-bond donors (Lipinski definition) is 0. The van der Waals surface area contributed by atoms with Crippen molar-refractivity contribution in [2.75, 3.05) is 19.7 Å². The van der Waals surface area contributed by atoms with Crippen molar-refractivity contribution in [2.24, 2.45) is 0 Å². The van der Waals surface area contributed by atoms with Crippen molar-refractivity contribution >= 4 is 11.7 Å². The first-order chi connectivity index (χ1) is 6.59. The molecular formula is C10H15NO3. The van der Waals surface area contributed by atoms with Gasteiger partial charge in [-0.25, -0.2) is 0 Å². The molecule has 0 N–H and O–H groups in total. The third-order valence-electron chi connectivity index (χ3n) is 2.89. The lowest BCUT2D eigenvalue weighted by molar-refractivity contribution is -0.130. The molecule has 0 bridgehead atoms. The lowest BCUT2D eigenvalue weighted by atomic mass is 10.0. The van der Waals surface area contributed by atoms with Gasteiger partial charge in [0, 0.05) is 13.2 Å². The average Bonchev–Trinajstić information content (AvgIpc) is 2.61. The molecule has 1 amide bonds. The average molecular weight is 197 g/mol. The maximum absolute atomic E-state index is 11.4. The van der Waals surface area contributed by atoms with Crippen LogP contribution in [-0.2, 0) is 14.3 Å².